The van der Waals surface area contributed by atoms with E-state index in [2.05, 4.69) is 45.2 Å². The van der Waals surface area contributed by atoms with Crippen LogP contribution in [0.1, 0.15) is 18.4 Å². The van der Waals surface area contributed by atoms with Crippen molar-refractivity contribution in [3.8, 4) is 11.5 Å². The van der Waals surface area contributed by atoms with Gasteiger partial charge in [-0.2, -0.15) is 0 Å². The molecule has 2 aromatic carbocycles. The lowest BCUT2D eigenvalue weighted by atomic mass is 10.1. The van der Waals surface area contributed by atoms with Crippen molar-refractivity contribution in [1.82, 2.24) is 9.88 Å². The van der Waals surface area contributed by atoms with E-state index in [1.165, 1.54) is 41.5 Å². The molecule has 2 aliphatic rings. The molecule has 158 valence electrons. The Labute approximate surface area is 177 Å². The Hall–Kier alpha value is -2.86. The predicted octanol–water partition coefficient (Wildman–Crippen LogP) is 3.67. The number of aryl methyl sites for hydroxylation is 1. The van der Waals surface area contributed by atoms with E-state index in [9.17, 15) is 0 Å². The van der Waals surface area contributed by atoms with Crippen LogP contribution in [0.5, 0.6) is 11.5 Å². The number of rotatable bonds is 6. The summed E-state index contributed by atoms with van der Waals surface area (Å²) in [6.07, 6.45) is 5.65. The fourth-order valence-corrected chi connectivity index (χ4v) is 4.51. The summed E-state index contributed by atoms with van der Waals surface area (Å²) < 4.78 is 11.4. The zero-order valence-electron chi connectivity index (χ0n) is 17.4. The molecule has 0 unspecified atom stereocenters. The first kappa shape index (κ1) is 19.1. The molecular formula is C24H30N4O2. The number of benzene rings is 2. The van der Waals surface area contributed by atoms with Crippen LogP contribution in [0.15, 0.2) is 42.6 Å². The third-order valence-corrected chi connectivity index (χ3v) is 6.23. The molecule has 1 saturated heterocycles. The molecule has 0 atom stereocenters. The summed E-state index contributed by atoms with van der Waals surface area (Å²) in [5.41, 5.74) is 10.6. The number of nitrogen functional groups attached to an aromatic ring is 1. The smallest absolute Gasteiger partial charge is 0.163 e. The molecule has 1 fully saturated rings. The number of aromatic nitrogens is 1. The SMILES string of the molecule is Nc1ccc2[nH]cc(CCCCN3CCN(c4ccc5c(c4)OCCO5)CC3)c2c1. The highest BCUT2D eigenvalue weighted by Crippen LogP contribution is 2.34. The Bertz CT molecular complexity index is 1010. The number of H-pyrrole nitrogens is 1. The summed E-state index contributed by atoms with van der Waals surface area (Å²) in [6, 6.07) is 12.4. The van der Waals surface area contributed by atoms with Crippen LogP contribution in [0.3, 0.4) is 0 Å². The number of fused-ring (bicyclic) bond motifs is 2. The maximum atomic E-state index is 5.95. The summed E-state index contributed by atoms with van der Waals surface area (Å²) in [4.78, 5) is 8.39. The molecule has 0 saturated carbocycles. The monoisotopic (exact) mass is 406 g/mol. The first-order valence-electron chi connectivity index (χ1n) is 11.0. The van der Waals surface area contributed by atoms with Crippen molar-refractivity contribution >= 4 is 22.3 Å². The number of hydrogen-bond acceptors (Lipinski definition) is 5. The third-order valence-electron chi connectivity index (χ3n) is 6.23. The Balaban J connectivity index is 1.08. The van der Waals surface area contributed by atoms with Crippen LogP contribution in [0.4, 0.5) is 11.4 Å². The van der Waals surface area contributed by atoms with Crippen LogP contribution in [-0.4, -0.2) is 55.8 Å². The molecule has 0 spiro atoms. The molecule has 2 aliphatic heterocycles. The second-order valence-electron chi connectivity index (χ2n) is 8.23. The van der Waals surface area contributed by atoms with Gasteiger partial charge in [-0.3, -0.25) is 4.90 Å². The van der Waals surface area contributed by atoms with E-state index >= 15 is 0 Å². The molecule has 6 nitrogen and oxygen atoms in total. The maximum Gasteiger partial charge on any atom is 0.163 e. The number of nitrogens with two attached hydrogens (primary N) is 1. The van der Waals surface area contributed by atoms with Gasteiger partial charge in [-0.05, 0) is 61.7 Å². The van der Waals surface area contributed by atoms with Crippen LogP contribution in [0, 0.1) is 0 Å². The van der Waals surface area contributed by atoms with Crippen molar-refractivity contribution in [2.24, 2.45) is 0 Å². The van der Waals surface area contributed by atoms with E-state index in [0.717, 1.165) is 49.8 Å². The van der Waals surface area contributed by atoms with Gasteiger partial charge in [0.15, 0.2) is 11.5 Å². The van der Waals surface area contributed by atoms with Crippen molar-refractivity contribution in [2.45, 2.75) is 19.3 Å². The van der Waals surface area contributed by atoms with Gasteiger partial charge in [-0.15, -0.1) is 0 Å². The lowest BCUT2D eigenvalue weighted by Gasteiger charge is -2.36. The molecular weight excluding hydrogens is 376 g/mol. The van der Waals surface area contributed by atoms with Gasteiger partial charge in [0.25, 0.3) is 0 Å². The zero-order chi connectivity index (χ0) is 20.3. The Morgan fingerprint density at radius 3 is 2.60 bits per heavy atom. The lowest BCUT2D eigenvalue weighted by molar-refractivity contribution is 0.171. The van der Waals surface area contributed by atoms with Crippen molar-refractivity contribution in [3.05, 3.63) is 48.2 Å². The molecule has 1 aromatic heterocycles. The van der Waals surface area contributed by atoms with E-state index in [4.69, 9.17) is 15.2 Å². The Morgan fingerprint density at radius 1 is 0.900 bits per heavy atom. The molecule has 30 heavy (non-hydrogen) atoms. The average Bonchev–Trinajstić information content (AvgIpc) is 3.19. The Kier molecular flexibility index (Phi) is 5.41. The van der Waals surface area contributed by atoms with Gasteiger partial charge in [0.1, 0.15) is 13.2 Å². The molecule has 3 N–H and O–H groups in total. The predicted molar refractivity (Wildman–Crippen MR) is 122 cm³/mol. The van der Waals surface area contributed by atoms with Gasteiger partial charge in [-0.25, -0.2) is 0 Å². The minimum Gasteiger partial charge on any atom is -0.486 e. The van der Waals surface area contributed by atoms with Gasteiger partial charge >= 0.3 is 0 Å². The van der Waals surface area contributed by atoms with E-state index < -0.39 is 0 Å². The minimum atomic E-state index is 0.635. The number of hydrogen-bond donors (Lipinski definition) is 2. The summed E-state index contributed by atoms with van der Waals surface area (Å²) in [5, 5.41) is 1.27. The first-order chi connectivity index (χ1) is 14.8. The van der Waals surface area contributed by atoms with E-state index in [1.807, 2.05) is 12.1 Å². The van der Waals surface area contributed by atoms with Gasteiger partial charge in [0.2, 0.25) is 0 Å². The molecule has 6 heteroatoms. The van der Waals surface area contributed by atoms with Gasteiger partial charge in [-0.1, -0.05) is 0 Å². The standard InChI is InChI=1S/C24H30N4O2/c25-19-4-6-22-21(15-19)18(17-26-22)3-1-2-8-27-9-11-28(12-10-27)20-5-7-23-24(16-20)30-14-13-29-23/h4-7,15-17,26H,1-3,8-14,25H2. The molecule has 0 radical (unpaired) electrons. The summed E-state index contributed by atoms with van der Waals surface area (Å²) in [7, 11) is 0. The molecule has 3 aromatic rings. The quantitative estimate of drug-likeness (QED) is 0.483. The van der Waals surface area contributed by atoms with Crippen LogP contribution < -0.4 is 20.1 Å². The number of nitrogens with one attached hydrogen (secondary N) is 1. The fraction of sp³-hybridized carbons (Fsp3) is 0.417. The highest BCUT2D eigenvalue weighted by molar-refractivity contribution is 5.86. The molecule has 3 heterocycles. The van der Waals surface area contributed by atoms with E-state index in [0.29, 0.717) is 13.2 Å². The van der Waals surface area contributed by atoms with Crippen LogP contribution in [0.25, 0.3) is 10.9 Å². The van der Waals surface area contributed by atoms with Crippen molar-refractivity contribution < 1.29 is 9.47 Å². The number of anilines is 2. The highest BCUT2D eigenvalue weighted by atomic mass is 16.6. The normalized spacial score (nSPS) is 16.9. The van der Waals surface area contributed by atoms with Gasteiger partial charge in [0.05, 0.1) is 0 Å². The number of piperazine rings is 1. The Morgan fingerprint density at radius 2 is 1.73 bits per heavy atom. The summed E-state index contributed by atoms with van der Waals surface area (Å²) >= 11 is 0. The molecule has 5 rings (SSSR count). The second kappa shape index (κ2) is 8.48. The molecule has 0 aliphatic carbocycles. The second-order valence-corrected chi connectivity index (χ2v) is 8.23. The minimum absolute atomic E-state index is 0.635. The van der Waals surface area contributed by atoms with E-state index in [1.54, 1.807) is 0 Å². The van der Waals surface area contributed by atoms with Gasteiger partial charge < -0.3 is 25.1 Å². The maximum absolute atomic E-state index is 5.95. The average molecular weight is 407 g/mol. The summed E-state index contributed by atoms with van der Waals surface area (Å²) in [5.74, 6) is 1.74. The number of ether oxygens (including phenoxy) is 2. The van der Waals surface area contributed by atoms with Crippen molar-refractivity contribution in [3.63, 3.8) is 0 Å². The van der Waals surface area contributed by atoms with Crippen molar-refractivity contribution in [1.29, 1.82) is 0 Å². The van der Waals surface area contributed by atoms with Crippen LogP contribution >= 0.6 is 0 Å². The van der Waals surface area contributed by atoms with E-state index in [-0.39, 0.29) is 0 Å². The number of nitrogens with zero attached hydrogens (tertiary/aromatic N) is 2. The first-order valence-corrected chi connectivity index (χ1v) is 11.0. The zero-order valence-corrected chi connectivity index (χ0v) is 17.4. The van der Waals surface area contributed by atoms with Crippen LogP contribution in [-0.2, 0) is 6.42 Å². The van der Waals surface area contributed by atoms with Crippen LogP contribution in [0.2, 0.25) is 0 Å². The topological polar surface area (TPSA) is 66.8 Å². The van der Waals surface area contributed by atoms with Gasteiger partial charge in [0, 0.05) is 60.7 Å². The third kappa shape index (κ3) is 4.05. The number of unbranched alkanes of at least 4 members (excludes halogenated alkanes) is 1. The number of aromatic amines is 1. The summed E-state index contributed by atoms with van der Waals surface area (Å²) in [6.45, 7) is 6.77. The lowest BCUT2D eigenvalue weighted by Crippen LogP contribution is -2.46. The highest BCUT2D eigenvalue weighted by Gasteiger charge is 2.19. The largest absolute Gasteiger partial charge is 0.486 e. The van der Waals surface area contributed by atoms with Crippen molar-refractivity contribution in [2.75, 3.05) is 56.6 Å². The molecule has 0 amide bonds. The molecule has 0 bridgehead atoms. The fourth-order valence-electron chi connectivity index (χ4n) is 4.51.